The Kier molecular flexibility index (Phi) is 6.62. The first-order valence-electron chi connectivity index (χ1n) is 7.06. The Bertz CT molecular complexity index is 310. The zero-order valence-electron chi connectivity index (χ0n) is 11.8. The lowest BCUT2D eigenvalue weighted by atomic mass is 10.1. The van der Waals surface area contributed by atoms with Gasteiger partial charge < -0.3 is 20.6 Å². The summed E-state index contributed by atoms with van der Waals surface area (Å²) in [4.78, 5) is 24.9. The summed E-state index contributed by atoms with van der Waals surface area (Å²) in [5, 5.41) is 14.5. The number of carbonyl (C=O) groups excluding carboxylic acids is 1. The molecule has 1 aliphatic heterocycles. The molecule has 1 fully saturated rings. The molecule has 3 N–H and O–H groups in total. The third-order valence-corrected chi connectivity index (χ3v) is 3.64. The maximum Gasteiger partial charge on any atom is 0.315 e. The van der Waals surface area contributed by atoms with Crippen molar-refractivity contribution in [2.24, 2.45) is 5.92 Å². The molecule has 0 spiro atoms. The highest BCUT2D eigenvalue weighted by Gasteiger charge is 2.21. The molecule has 6 heteroatoms. The summed E-state index contributed by atoms with van der Waals surface area (Å²) in [6.45, 7) is 7.06. The third-order valence-electron chi connectivity index (χ3n) is 3.64. The van der Waals surface area contributed by atoms with Crippen molar-refractivity contribution in [3.63, 3.8) is 0 Å². The van der Waals surface area contributed by atoms with Crippen LogP contribution in [0.2, 0.25) is 0 Å². The molecule has 0 saturated carbocycles. The molecule has 0 radical (unpaired) electrons. The largest absolute Gasteiger partial charge is 0.481 e. The standard InChI is InChI=1S/C13H25N3O3/c1-3-10(12(17)18)8-14-13(19)15-11-6-5-7-16(4-2)9-11/h10-11H,3-9H2,1-2H3,(H,17,18)(H2,14,15,19). The molecule has 2 atom stereocenters. The lowest BCUT2D eigenvalue weighted by molar-refractivity contribution is -0.141. The van der Waals surface area contributed by atoms with Gasteiger partial charge in [-0.2, -0.15) is 0 Å². The average Bonchev–Trinajstić information content (AvgIpc) is 2.39. The number of urea groups is 1. The van der Waals surface area contributed by atoms with Gasteiger partial charge in [-0.05, 0) is 32.4 Å². The number of hydrogen-bond acceptors (Lipinski definition) is 3. The number of hydrogen-bond donors (Lipinski definition) is 3. The molecule has 0 aromatic rings. The Labute approximate surface area is 114 Å². The van der Waals surface area contributed by atoms with Gasteiger partial charge in [0.25, 0.3) is 0 Å². The van der Waals surface area contributed by atoms with Crippen LogP contribution in [-0.4, -0.2) is 54.2 Å². The summed E-state index contributed by atoms with van der Waals surface area (Å²) in [6.07, 6.45) is 2.59. The van der Waals surface area contributed by atoms with Crippen molar-refractivity contribution in [3.05, 3.63) is 0 Å². The normalized spacial score (nSPS) is 21.7. The number of piperidine rings is 1. The number of likely N-dealkylation sites (N-methyl/N-ethyl adjacent to an activating group) is 1. The molecule has 2 unspecified atom stereocenters. The Morgan fingerprint density at radius 2 is 2.16 bits per heavy atom. The number of nitrogens with zero attached hydrogens (tertiary/aromatic N) is 1. The van der Waals surface area contributed by atoms with Crippen molar-refractivity contribution in [2.45, 2.75) is 39.2 Å². The highest BCUT2D eigenvalue weighted by atomic mass is 16.4. The zero-order valence-corrected chi connectivity index (χ0v) is 11.8. The van der Waals surface area contributed by atoms with Gasteiger partial charge in [0.1, 0.15) is 0 Å². The van der Waals surface area contributed by atoms with E-state index >= 15 is 0 Å². The molecule has 0 bridgehead atoms. The highest BCUT2D eigenvalue weighted by molar-refractivity contribution is 5.76. The van der Waals surface area contributed by atoms with Crippen LogP contribution in [0.3, 0.4) is 0 Å². The number of aliphatic carboxylic acids is 1. The number of carbonyl (C=O) groups is 2. The van der Waals surface area contributed by atoms with Crippen molar-refractivity contribution >= 4 is 12.0 Å². The predicted octanol–water partition coefficient (Wildman–Crippen LogP) is 0.881. The molecule has 0 aromatic heterocycles. The van der Waals surface area contributed by atoms with Gasteiger partial charge >= 0.3 is 12.0 Å². The second-order valence-corrected chi connectivity index (χ2v) is 5.03. The summed E-state index contributed by atoms with van der Waals surface area (Å²) in [5.41, 5.74) is 0. The smallest absolute Gasteiger partial charge is 0.315 e. The van der Waals surface area contributed by atoms with Crippen LogP contribution in [0, 0.1) is 5.92 Å². The van der Waals surface area contributed by atoms with Gasteiger partial charge in [0.15, 0.2) is 0 Å². The van der Waals surface area contributed by atoms with Gasteiger partial charge in [-0.25, -0.2) is 4.79 Å². The number of nitrogens with one attached hydrogen (secondary N) is 2. The first-order valence-corrected chi connectivity index (χ1v) is 7.06. The lowest BCUT2D eigenvalue weighted by Gasteiger charge is -2.32. The quantitative estimate of drug-likeness (QED) is 0.670. The van der Waals surface area contributed by atoms with Crippen LogP contribution in [-0.2, 0) is 4.79 Å². The van der Waals surface area contributed by atoms with E-state index in [0.717, 1.165) is 32.5 Å². The molecule has 2 amide bonds. The molecule has 1 heterocycles. The van der Waals surface area contributed by atoms with Gasteiger partial charge in [-0.1, -0.05) is 13.8 Å². The fourth-order valence-corrected chi connectivity index (χ4v) is 2.32. The van der Waals surface area contributed by atoms with Crippen molar-refractivity contribution in [1.82, 2.24) is 15.5 Å². The van der Waals surface area contributed by atoms with E-state index in [0.29, 0.717) is 6.42 Å². The van der Waals surface area contributed by atoms with Crippen LogP contribution in [0.15, 0.2) is 0 Å². The first kappa shape index (κ1) is 15.8. The molecule has 1 aliphatic rings. The average molecular weight is 271 g/mol. The van der Waals surface area contributed by atoms with E-state index in [4.69, 9.17) is 5.11 Å². The van der Waals surface area contributed by atoms with Gasteiger partial charge in [-0.3, -0.25) is 4.79 Å². The van der Waals surface area contributed by atoms with Crippen LogP contribution in [0.1, 0.15) is 33.1 Å². The second kappa shape index (κ2) is 7.99. The number of amides is 2. The molecular formula is C13H25N3O3. The fraction of sp³-hybridized carbons (Fsp3) is 0.846. The summed E-state index contributed by atoms with van der Waals surface area (Å²) in [5.74, 6) is -1.37. The van der Waals surface area contributed by atoms with Crippen molar-refractivity contribution in [2.75, 3.05) is 26.2 Å². The van der Waals surface area contributed by atoms with Crippen LogP contribution in [0.4, 0.5) is 4.79 Å². The summed E-state index contributed by atoms with van der Waals surface area (Å²) >= 11 is 0. The van der Waals surface area contributed by atoms with Crippen molar-refractivity contribution < 1.29 is 14.7 Å². The summed E-state index contributed by atoms with van der Waals surface area (Å²) in [6, 6.07) is -0.0961. The molecular weight excluding hydrogens is 246 g/mol. The number of rotatable bonds is 6. The van der Waals surface area contributed by atoms with Crippen molar-refractivity contribution in [3.8, 4) is 0 Å². The molecule has 19 heavy (non-hydrogen) atoms. The monoisotopic (exact) mass is 271 g/mol. The van der Waals surface area contributed by atoms with Crippen LogP contribution in [0.5, 0.6) is 0 Å². The number of likely N-dealkylation sites (tertiary alicyclic amines) is 1. The van der Waals surface area contributed by atoms with Gasteiger partial charge in [0.2, 0.25) is 0 Å². The Balaban J connectivity index is 2.28. The van der Waals surface area contributed by atoms with Crippen LogP contribution in [0.25, 0.3) is 0 Å². The minimum absolute atomic E-state index is 0.165. The second-order valence-electron chi connectivity index (χ2n) is 5.03. The van der Waals surface area contributed by atoms with Crippen molar-refractivity contribution in [1.29, 1.82) is 0 Å². The third kappa shape index (κ3) is 5.46. The molecule has 110 valence electrons. The molecule has 1 saturated heterocycles. The van der Waals surface area contributed by atoms with E-state index in [1.54, 1.807) is 6.92 Å². The first-order chi connectivity index (χ1) is 9.06. The zero-order chi connectivity index (χ0) is 14.3. The summed E-state index contributed by atoms with van der Waals surface area (Å²) < 4.78 is 0. The Morgan fingerprint density at radius 1 is 1.42 bits per heavy atom. The molecule has 0 aliphatic carbocycles. The SMILES string of the molecule is CCC(CNC(=O)NC1CCCN(CC)C1)C(=O)O. The van der Waals surface area contributed by atoms with E-state index < -0.39 is 11.9 Å². The van der Waals surface area contributed by atoms with Gasteiger partial charge in [0, 0.05) is 19.1 Å². The number of carboxylic acid groups (broad SMARTS) is 1. The van der Waals surface area contributed by atoms with E-state index in [1.807, 2.05) is 0 Å². The van der Waals surface area contributed by atoms with E-state index in [9.17, 15) is 9.59 Å². The fourth-order valence-electron chi connectivity index (χ4n) is 2.32. The highest BCUT2D eigenvalue weighted by Crippen LogP contribution is 2.09. The van der Waals surface area contributed by atoms with Crippen LogP contribution >= 0.6 is 0 Å². The van der Waals surface area contributed by atoms with E-state index in [1.165, 1.54) is 0 Å². The maximum absolute atomic E-state index is 11.7. The minimum atomic E-state index is -0.863. The van der Waals surface area contributed by atoms with E-state index in [-0.39, 0.29) is 18.6 Å². The lowest BCUT2D eigenvalue weighted by Crippen LogP contribution is -2.51. The van der Waals surface area contributed by atoms with Gasteiger partial charge in [-0.15, -0.1) is 0 Å². The number of carboxylic acids is 1. The van der Waals surface area contributed by atoms with Gasteiger partial charge in [0.05, 0.1) is 5.92 Å². The van der Waals surface area contributed by atoms with Crippen LogP contribution < -0.4 is 10.6 Å². The summed E-state index contributed by atoms with van der Waals surface area (Å²) in [7, 11) is 0. The maximum atomic E-state index is 11.7. The van der Waals surface area contributed by atoms with E-state index in [2.05, 4.69) is 22.5 Å². The predicted molar refractivity (Wildman–Crippen MR) is 73.1 cm³/mol. The Morgan fingerprint density at radius 3 is 2.74 bits per heavy atom. The minimum Gasteiger partial charge on any atom is -0.481 e. The molecule has 0 aromatic carbocycles. The molecule has 1 rings (SSSR count). The topological polar surface area (TPSA) is 81.7 Å². The molecule has 6 nitrogen and oxygen atoms in total. The Hall–Kier alpha value is -1.30.